The number of nitrogens with zero attached hydrogens (tertiary/aromatic N) is 1. The quantitative estimate of drug-likeness (QED) is 0.881. The summed E-state index contributed by atoms with van der Waals surface area (Å²) in [5.41, 5.74) is 0.467. The van der Waals surface area contributed by atoms with E-state index in [0.717, 1.165) is 22.6 Å². The monoisotopic (exact) mass is 330 g/mol. The van der Waals surface area contributed by atoms with Gasteiger partial charge in [0.15, 0.2) is 5.17 Å². The zero-order chi connectivity index (χ0) is 13.1. The molecule has 1 aliphatic heterocycles. The van der Waals surface area contributed by atoms with Gasteiger partial charge in [0, 0.05) is 9.72 Å². The van der Waals surface area contributed by atoms with E-state index in [2.05, 4.69) is 40.1 Å². The van der Waals surface area contributed by atoms with Crippen LogP contribution in [0.5, 0.6) is 0 Å². The largest absolute Gasteiger partial charge is 0.332 e. The molecular weight excluding hydrogens is 315 g/mol. The van der Waals surface area contributed by atoms with E-state index in [1.54, 1.807) is 17.8 Å². The van der Waals surface area contributed by atoms with Crippen molar-refractivity contribution in [2.24, 2.45) is 10.9 Å². The molecule has 0 spiro atoms. The minimum atomic E-state index is -0.264. The predicted octanol–water partition coefficient (Wildman–Crippen LogP) is 4.52. The number of aliphatic imine (C=N–C) groups is 1. The van der Waals surface area contributed by atoms with E-state index in [9.17, 15) is 4.39 Å². The summed E-state index contributed by atoms with van der Waals surface area (Å²) in [6.07, 6.45) is 1.14. The second kappa shape index (κ2) is 6.06. The molecule has 1 atom stereocenters. The van der Waals surface area contributed by atoms with Crippen LogP contribution in [0.3, 0.4) is 0 Å². The van der Waals surface area contributed by atoms with Crippen LogP contribution in [0.1, 0.15) is 20.3 Å². The van der Waals surface area contributed by atoms with Crippen LogP contribution in [0, 0.1) is 11.7 Å². The summed E-state index contributed by atoms with van der Waals surface area (Å²) in [5.74, 6) is 0.400. The summed E-state index contributed by atoms with van der Waals surface area (Å²) in [6.45, 7) is 5.23. The van der Waals surface area contributed by atoms with Crippen molar-refractivity contribution in [2.45, 2.75) is 25.5 Å². The molecular formula is C13H16BrFN2S. The van der Waals surface area contributed by atoms with Crippen LogP contribution in [0.2, 0.25) is 0 Å². The number of hydrogen-bond acceptors (Lipinski definition) is 3. The standard InChI is InChI=1S/C13H16BrFN2S/c1-8(2)6-9-7-16-13(18-9)17-12-10(14)4-3-5-11(12)15/h3-5,8-9H,6-7H2,1-2H3,(H,16,17). The maximum absolute atomic E-state index is 13.7. The number of hydrogen-bond donors (Lipinski definition) is 1. The topological polar surface area (TPSA) is 24.4 Å². The second-order valence-corrected chi connectivity index (χ2v) is 6.88. The number of rotatable bonds is 3. The Hall–Kier alpha value is -0.550. The van der Waals surface area contributed by atoms with Crippen LogP contribution >= 0.6 is 27.7 Å². The molecule has 0 radical (unpaired) electrons. The summed E-state index contributed by atoms with van der Waals surface area (Å²) < 4.78 is 14.4. The number of benzene rings is 1. The molecule has 5 heteroatoms. The second-order valence-electron chi connectivity index (χ2n) is 4.74. The molecule has 1 aliphatic rings. The summed E-state index contributed by atoms with van der Waals surface area (Å²) in [5, 5.41) is 4.40. The van der Waals surface area contributed by atoms with E-state index in [4.69, 9.17) is 0 Å². The third-order valence-corrected chi connectivity index (χ3v) is 4.44. The molecule has 0 amide bonds. The highest BCUT2D eigenvalue weighted by Gasteiger charge is 2.21. The van der Waals surface area contributed by atoms with Crippen LogP contribution in [-0.2, 0) is 0 Å². The van der Waals surface area contributed by atoms with Crippen molar-refractivity contribution in [3.8, 4) is 0 Å². The molecule has 1 aromatic rings. The minimum absolute atomic E-state index is 0.264. The van der Waals surface area contributed by atoms with Gasteiger partial charge in [0.05, 0.1) is 12.2 Å². The fourth-order valence-electron chi connectivity index (χ4n) is 1.86. The third-order valence-electron chi connectivity index (χ3n) is 2.65. The summed E-state index contributed by atoms with van der Waals surface area (Å²) in [4.78, 5) is 4.43. The number of nitrogens with one attached hydrogen (secondary N) is 1. The van der Waals surface area contributed by atoms with Crippen molar-refractivity contribution < 1.29 is 4.39 Å². The molecule has 1 N–H and O–H groups in total. The Morgan fingerprint density at radius 1 is 1.56 bits per heavy atom. The molecule has 0 fully saturated rings. The molecule has 1 unspecified atom stereocenters. The van der Waals surface area contributed by atoms with E-state index in [0.29, 0.717) is 16.9 Å². The first-order valence-electron chi connectivity index (χ1n) is 5.98. The fourth-order valence-corrected chi connectivity index (χ4v) is 3.56. The maximum atomic E-state index is 13.7. The lowest BCUT2D eigenvalue weighted by Gasteiger charge is -2.12. The van der Waals surface area contributed by atoms with Crippen molar-refractivity contribution in [2.75, 3.05) is 11.9 Å². The zero-order valence-electron chi connectivity index (χ0n) is 10.4. The average molecular weight is 331 g/mol. The Bertz CT molecular complexity index is 442. The lowest BCUT2D eigenvalue weighted by molar-refractivity contribution is 0.575. The van der Waals surface area contributed by atoms with Crippen LogP contribution in [0.25, 0.3) is 0 Å². The molecule has 2 rings (SSSR count). The van der Waals surface area contributed by atoms with Gasteiger partial charge in [0.2, 0.25) is 0 Å². The highest BCUT2D eigenvalue weighted by molar-refractivity contribution is 9.10. The number of anilines is 1. The van der Waals surface area contributed by atoms with Gasteiger partial charge in [-0.3, -0.25) is 4.99 Å². The van der Waals surface area contributed by atoms with E-state index in [1.165, 1.54) is 6.07 Å². The van der Waals surface area contributed by atoms with Crippen LogP contribution in [0.4, 0.5) is 10.1 Å². The Balaban J connectivity index is 1.99. The lowest BCUT2D eigenvalue weighted by atomic mass is 10.1. The van der Waals surface area contributed by atoms with Gasteiger partial charge in [-0.05, 0) is 40.4 Å². The van der Waals surface area contributed by atoms with Crippen molar-refractivity contribution in [1.29, 1.82) is 0 Å². The number of halogens is 2. The third kappa shape index (κ3) is 3.48. The molecule has 1 aromatic carbocycles. The number of amidine groups is 1. The molecule has 0 aromatic heterocycles. The van der Waals surface area contributed by atoms with Crippen molar-refractivity contribution >= 4 is 38.5 Å². The van der Waals surface area contributed by atoms with Gasteiger partial charge in [-0.2, -0.15) is 0 Å². The molecule has 2 nitrogen and oxygen atoms in total. The fraction of sp³-hybridized carbons (Fsp3) is 0.462. The number of thioether (sulfide) groups is 1. The number of para-hydroxylation sites is 1. The Morgan fingerprint density at radius 2 is 2.33 bits per heavy atom. The predicted molar refractivity (Wildman–Crippen MR) is 80.9 cm³/mol. The van der Waals surface area contributed by atoms with Crippen LogP contribution in [-0.4, -0.2) is 17.0 Å². The lowest BCUT2D eigenvalue weighted by Crippen LogP contribution is -2.10. The smallest absolute Gasteiger partial charge is 0.161 e. The Morgan fingerprint density at radius 3 is 3.00 bits per heavy atom. The van der Waals surface area contributed by atoms with Gasteiger partial charge in [0.25, 0.3) is 0 Å². The van der Waals surface area contributed by atoms with E-state index >= 15 is 0 Å². The van der Waals surface area contributed by atoms with Crippen molar-refractivity contribution in [1.82, 2.24) is 0 Å². The molecule has 0 saturated heterocycles. The van der Waals surface area contributed by atoms with Gasteiger partial charge >= 0.3 is 0 Å². The minimum Gasteiger partial charge on any atom is -0.332 e. The molecule has 98 valence electrons. The summed E-state index contributed by atoms with van der Waals surface area (Å²) in [6, 6.07) is 4.94. The Kier molecular flexibility index (Phi) is 4.67. The van der Waals surface area contributed by atoms with Gasteiger partial charge in [-0.1, -0.05) is 31.7 Å². The maximum Gasteiger partial charge on any atom is 0.161 e. The van der Waals surface area contributed by atoms with E-state index in [-0.39, 0.29) is 5.82 Å². The highest BCUT2D eigenvalue weighted by atomic mass is 79.9. The zero-order valence-corrected chi connectivity index (χ0v) is 12.8. The average Bonchev–Trinajstić information content (AvgIpc) is 2.70. The van der Waals surface area contributed by atoms with Gasteiger partial charge in [-0.15, -0.1) is 0 Å². The molecule has 18 heavy (non-hydrogen) atoms. The van der Waals surface area contributed by atoms with Crippen molar-refractivity contribution in [3.05, 3.63) is 28.5 Å². The molecule has 0 aliphatic carbocycles. The Labute approximate surface area is 120 Å². The first-order valence-corrected chi connectivity index (χ1v) is 7.65. The van der Waals surface area contributed by atoms with Gasteiger partial charge in [0.1, 0.15) is 5.82 Å². The molecule has 0 bridgehead atoms. The first kappa shape index (κ1) is 13.9. The van der Waals surface area contributed by atoms with E-state index in [1.807, 2.05) is 6.07 Å². The summed E-state index contributed by atoms with van der Waals surface area (Å²) >= 11 is 5.05. The van der Waals surface area contributed by atoms with E-state index < -0.39 is 0 Å². The van der Waals surface area contributed by atoms with Crippen LogP contribution < -0.4 is 5.32 Å². The summed E-state index contributed by atoms with van der Waals surface area (Å²) in [7, 11) is 0. The SMILES string of the molecule is CC(C)CC1CN=C(Nc2c(F)cccc2Br)S1. The molecule has 0 saturated carbocycles. The van der Waals surface area contributed by atoms with Crippen molar-refractivity contribution in [3.63, 3.8) is 0 Å². The normalized spacial score (nSPS) is 19.2. The first-order chi connectivity index (χ1) is 8.56. The highest BCUT2D eigenvalue weighted by Crippen LogP contribution is 2.31. The van der Waals surface area contributed by atoms with Gasteiger partial charge < -0.3 is 5.32 Å². The molecule has 1 heterocycles. The van der Waals surface area contributed by atoms with Gasteiger partial charge in [-0.25, -0.2) is 4.39 Å². The van der Waals surface area contributed by atoms with Crippen LogP contribution in [0.15, 0.2) is 27.7 Å².